The first-order valence-corrected chi connectivity index (χ1v) is 5.99. The monoisotopic (exact) mass is 245 g/mol. The zero-order valence-corrected chi connectivity index (χ0v) is 11.7. The van der Waals surface area contributed by atoms with Gasteiger partial charge in [0.15, 0.2) is 0 Å². The lowest BCUT2D eigenvalue weighted by Gasteiger charge is -2.26. The van der Waals surface area contributed by atoms with Crippen molar-refractivity contribution in [2.24, 2.45) is 11.1 Å². The second kappa shape index (κ2) is 7.63. The highest BCUT2D eigenvalue weighted by atomic mass is 16.5. The molecular formula is C12H27N3O2. The lowest BCUT2D eigenvalue weighted by Crippen LogP contribution is -2.49. The molecular weight excluding hydrogens is 218 g/mol. The molecule has 0 aliphatic heterocycles. The van der Waals surface area contributed by atoms with E-state index in [-0.39, 0.29) is 11.3 Å². The van der Waals surface area contributed by atoms with Crippen LogP contribution < -0.4 is 11.1 Å². The van der Waals surface area contributed by atoms with Crippen LogP contribution in [0.1, 0.15) is 20.8 Å². The highest BCUT2D eigenvalue weighted by molar-refractivity contribution is 5.82. The number of carbonyl (C=O) groups excluding carboxylic acids is 1. The summed E-state index contributed by atoms with van der Waals surface area (Å²) in [7, 11) is 3.67. The van der Waals surface area contributed by atoms with Crippen molar-refractivity contribution in [1.29, 1.82) is 0 Å². The number of hydrogen-bond acceptors (Lipinski definition) is 4. The van der Waals surface area contributed by atoms with Crippen LogP contribution in [0.5, 0.6) is 0 Å². The van der Waals surface area contributed by atoms with Crippen LogP contribution >= 0.6 is 0 Å². The van der Waals surface area contributed by atoms with Crippen LogP contribution in [0.15, 0.2) is 0 Å². The molecule has 1 amide bonds. The van der Waals surface area contributed by atoms with Crippen molar-refractivity contribution in [3.05, 3.63) is 0 Å². The Bertz CT molecular complexity index is 226. The van der Waals surface area contributed by atoms with Crippen molar-refractivity contribution in [2.45, 2.75) is 26.8 Å². The van der Waals surface area contributed by atoms with E-state index in [1.807, 2.05) is 27.8 Å². The summed E-state index contributed by atoms with van der Waals surface area (Å²) in [5.74, 6) is -0.0855. The molecule has 0 spiro atoms. The van der Waals surface area contributed by atoms with Gasteiger partial charge in [-0.05, 0) is 12.5 Å². The minimum absolute atomic E-state index is 0.0855. The first kappa shape index (κ1) is 16.4. The number of nitrogens with two attached hydrogens (primary N) is 1. The Morgan fingerprint density at radius 3 is 2.47 bits per heavy atom. The Morgan fingerprint density at radius 1 is 1.41 bits per heavy atom. The van der Waals surface area contributed by atoms with Gasteiger partial charge in [-0.2, -0.15) is 0 Å². The number of nitrogens with zero attached hydrogens (tertiary/aromatic N) is 1. The summed E-state index contributed by atoms with van der Waals surface area (Å²) in [5, 5.41) is 2.85. The van der Waals surface area contributed by atoms with Gasteiger partial charge < -0.3 is 20.7 Å². The fourth-order valence-corrected chi connectivity index (χ4v) is 1.23. The van der Waals surface area contributed by atoms with E-state index >= 15 is 0 Å². The predicted octanol–water partition coefficient (Wildman–Crippen LogP) is 0.0542. The topological polar surface area (TPSA) is 67.6 Å². The Kier molecular flexibility index (Phi) is 7.34. The molecule has 5 nitrogen and oxygen atoms in total. The molecule has 0 heterocycles. The zero-order valence-electron chi connectivity index (χ0n) is 11.7. The predicted molar refractivity (Wildman–Crippen MR) is 69.8 cm³/mol. The summed E-state index contributed by atoms with van der Waals surface area (Å²) in [4.78, 5) is 13.8. The first-order valence-electron chi connectivity index (χ1n) is 5.99. The van der Waals surface area contributed by atoms with Crippen molar-refractivity contribution in [1.82, 2.24) is 10.2 Å². The van der Waals surface area contributed by atoms with Crippen molar-refractivity contribution < 1.29 is 9.53 Å². The van der Waals surface area contributed by atoms with E-state index in [1.54, 1.807) is 7.11 Å². The maximum Gasteiger partial charge on any atom is 0.237 e. The van der Waals surface area contributed by atoms with Crippen LogP contribution in [0.3, 0.4) is 0 Å². The molecule has 0 saturated carbocycles. The molecule has 0 rings (SSSR count). The lowest BCUT2D eigenvalue weighted by atomic mass is 9.87. The van der Waals surface area contributed by atoms with Crippen LogP contribution in [-0.4, -0.2) is 57.2 Å². The number of ether oxygens (including phenoxy) is 1. The van der Waals surface area contributed by atoms with Gasteiger partial charge in [0.05, 0.1) is 12.6 Å². The summed E-state index contributed by atoms with van der Waals surface area (Å²) < 4.78 is 4.97. The van der Waals surface area contributed by atoms with Gasteiger partial charge in [0.25, 0.3) is 0 Å². The molecule has 0 aliphatic carbocycles. The van der Waals surface area contributed by atoms with Gasteiger partial charge >= 0.3 is 0 Å². The van der Waals surface area contributed by atoms with Gasteiger partial charge in [-0.15, -0.1) is 0 Å². The molecule has 0 aromatic rings. The number of nitrogens with one attached hydrogen (secondary N) is 1. The Balaban J connectivity index is 3.78. The number of rotatable bonds is 7. The van der Waals surface area contributed by atoms with Crippen molar-refractivity contribution in [3.8, 4) is 0 Å². The molecule has 5 heteroatoms. The van der Waals surface area contributed by atoms with Crippen LogP contribution in [0.2, 0.25) is 0 Å². The van der Waals surface area contributed by atoms with Gasteiger partial charge in [-0.1, -0.05) is 20.8 Å². The third-order valence-corrected chi connectivity index (χ3v) is 2.69. The van der Waals surface area contributed by atoms with Gasteiger partial charge in [0, 0.05) is 26.7 Å². The van der Waals surface area contributed by atoms with Crippen LogP contribution in [0, 0.1) is 5.41 Å². The third-order valence-electron chi connectivity index (χ3n) is 2.69. The molecule has 1 atom stereocenters. The average molecular weight is 245 g/mol. The highest BCUT2D eigenvalue weighted by Gasteiger charge is 2.26. The van der Waals surface area contributed by atoms with E-state index < -0.39 is 6.04 Å². The number of methoxy groups -OCH3 is 1. The number of amides is 1. The minimum atomic E-state index is -0.466. The van der Waals surface area contributed by atoms with Gasteiger partial charge in [0.2, 0.25) is 5.91 Å². The lowest BCUT2D eigenvalue weighted by molar-refractivity contribution is -0.124. The SMILES string of the molecule is COCCN(C)CCNC(=O)C(N)C(C)(C)C. The number of hydrogen-bond donors (Lipinski definition) is 2. The minimum Gasteiger partial charge on any atom is -0.383 e. The molecule has 0 bridgehead atoms. The van der Waals surface area contributed by atoms with Crippen LogP contribution in [0.4, 0.5) is 0 Å². The van der Waals surface area contributed by atoms with Crippen molar-refractivity contribution in [2.75, 3.05) is 40.4 Å². The molecule has 0 radical (unpaired) electrons. The second-order valence-electron chi connectivity index (χ2n) is 5.43. The highest BCUT2D eigenvalue weighted by Crippen LogP contribution is 2.16. The molecule has 3 N–H and O–H groups in total. The third kappa shape index (κ3) is 7.31. The number of likely N-dealkylation sites (N-methyl/N-ethyl adjacent to an activating group) is 1. The molecule has 0 aliphatic rings. The molecule has 102 valence electrons. The van der Waals surface area contributed by atoms with Crippen molar-refractivity contribution in [3.63, 3.8) is 0 Å². The quantitative estimate of drug-likeness (QED) is 0.665. The van der Waals surface area contributed by atoms with Crippen LogP contribution in [0.25, 0.3) is 0 Å². The summed E-state index contributed by atoms with van der Waals surface area (Å²) >= 11 is 0. The molecule has 0 saturated heterocycles. The Hall–Kier alpha value is -0.650. The maximum atomic E-state index is 11.7. The zero-order chi connectivity index (χ0) is 13.5. The van der Waals surface area contributed by atoms with Gasteiger partial charge in [-0.3, -0.25) is 4.79 Å². The Morgan fingerprint density at radius 2 is 2.00 bits per heavy atom. The molecule has 17 heavy (non-hydrogen) atoms. The molecule has 0 fully saturated rings. The summed E-state index contributed by atoms with van der Waals surface area (Å²) in [5.41, 5.74) is 5.64. The van der Waals surface area contributed by atoms with Crippen molar-refractivity contribution >= 4 is 5.91 Å². The van der Waals surface area contributed by atoms with Gasteiger partial charge in [-0.25, -0.2) is 0 Å². The first-order chi connectivity index (χ1) is 7.79. The molecule has 0 aromatic carbocycles. The van der Waals surface area contributed by atoms with Crippen LogP contribution in [-0.2, 0) is 9.53 Å². The second-order valence-corrected chi connectivity index (χ2v) is 5.43. The average Bonchev–Trinajstić information content (AvgIpc) is 2.23. The summed E-state index contributed by atoms with van der Waals surface area (Å²) in [6, 6.07) is -0.466. The molecule has 0 aromatic heterocycles. The standard InChI is InChI=1S/C12H27N3O2/c1-12(2,3)10(13)11(16)14-6-7-15(4)8-9-17-5/h10H,6-9,13H2,1-5H3,(H,14,16). The van der Waals surface area contributed by atoms with E-state index in [9.17, 15) is 4.79 Å². The van der Waals surface area contributed by atoms with Gasteiger partial charge in [0.1, 0.15) is 0 Å². The maximum absolute atomic E-state index is 11.7. The molecule has 1 unspecified atom stereocenters. The van der Waals surface area contributed by atoms with E-state index in [2.05, 4.69) is 10.2 Å². The van der Waals surface area contributed by atoms with E-state index in [4.69, 9.17) is 10.5 Å². The Labute approximate surface area is 105 Å². The fourth-order valence-electron chi connectivity index (χ4n) is 1.23. The van der Waals surface area contributed by atoms with E-state index in [0.717, 1.165) is 13.1 Å². The summed E-state index contributed by atoms with van der Waals surface area (Å²) in [6.45, 7) is 8.85. The normalized spacial score (nSPS) is 13.8. The van der Waals surface area contributed by atoms with E-state index in [0.29, 0.717) is 13.2 Å². The smallest absolute Gasteiger partial charge is 0.237 e. The summed E-state index contributed by atoms with van der Waals surface area (Å²) in [6.07, 6.45) is 0. The number of carbonyl (C=O) groups is 1. The largest absolute Gasteiger partial charge is 0.383 e. The van der Waals surface area contributed by atoms with E-state index in [1.165, 1.54) is 0 Å². The fraction of sp³-hybridized carbons (Fsp3) is 0.917.